The Hall–Kier alpha value is -2.84. The van der Waals surface area contributed by atoms with Crippen molar-refractivity contribution < 1.29 is 4.74 Å². The highest BCUT2D eigenvalue weighted by atomic mass is 32.1. The molecule has 1 nitrogen and oxygen atoms in total. The summed E-state index contributed by atoms with van der Waals surface area (Å²) in [5.74, 6) is 0.931. The zero-order chi connectivity index (χ0) is 16.8. The molecule has 1 aromatic heterocycles. The third-order valence-corrected chi connectivity index (χ3v) is 5.71. The van der Waals surface area contributed by atoms with Gasteiger partial charge in [-0.2, -0.15) is 0 Å². The standard InChI is InChI=1S/C23H16OS/c1-24-21-13-20-17-11-12-25-22(17)14-19(15-7-3-2-4-8-15)23(20)18-10-6-5-9-16(18)21/h2-14H,1H3. The van der Waals surface area contributed by atoms with Gasteiger partial charge in [0.2, 0.25) is 0 Å². The molecule has 0 aliphatic carbocycles. The number of methoxy groups -OCH3 is 1. The van der Waals surface area contributed by atoms with E-state index >= 15 is 0 Å². The fraction of sp³-hybridized carbons (Fsp3) is 0.0435. The molecule has 1 heterocycles. The van der Waals surface area contributed by atoms with Crippen LogP contribution in [0.5, 0.6) is 5.75 Å². The molecule has 0 amide bonds. The lowest BCUT2D eigenvalue weighted by atomic mass is 9.92. The van der Waals surface area contributed by atoms with Crippen molar-refractivity contribution in [1.82, 2.24) is 0 Å². The lowest BCUT2D eigenvalue weighted by molar-refractivity contribution is 0.420. The molecule has 0 saturated carbocycles. The molecule has 0 atom stereocenters. The van der Waals surface area contributed by atoms with Gasteiger partial charge in [0.05, 0.1) is 7.11 Å². The van der Waals surface area contributed by atoms with Gasteiger partial charge in [-0.1, -0.05) is 54.6 Å². The second-order valence-corrected chi connectivity index (χ2v) is 7.12. The van der Waals surface area contributed by atoms with E-state index < -0.39 is 0 Å². The first-order chi connectivity index (χ1) is 12.4. The Morgan fingerprint density at radius 3 is 2.28 bits per heavy atom. The van der Waals surface area contributed by atoms with Crippen LogP contribution in [0.2, 0.25) is 0 Å². The van der Waals surface area contributed by atoms with Crippen LogP contribution in [0.15, 0.2) is 78.2 Å². The van der Waals surface area contributed by atoms with E-state index in [1.165, 1.54) is 37.4 Å². The molecule has 0 unspecified atom stereocenters. The molecule has 2 heteroatoms. The van der Waals surface area contributed by atoms with Gasteiger partial charge in [-0.3, -0.25) is 0 Å². The van der Waals surface area contributed by atoms with Gasteiger partial charge in [0.15, 0.2) is 0 Å². The van der Waals surface area contributed by atoms with E-state index in [4.69, 9.17) is 4.74 Å². The first kappa shape index (κ1) is 14.5. The molecule has 0 aliphatic rings. The zero-order valence-electron chi connectivity index (χ0n) is 13.8. The maximum atomic E-state index is 5.71. The molecule has 0 bridgehead atoms. The zero-order valence-corrected chi connectivity index (χ0v) is 14.6. The van der Waals surface area contributed by atoms with E-state index in [1.54, 1.807) is 18.4 Å². The number of hydrogen-bond acceptors (Lipinski definition) is 2. The molecular weight excluding hydrogens is 324 g/mol. The van der Waals surface area contributed by atoms with Crippen LogP contribution in [-0.4, -0.2) is 7.11 Å². The molecule has 5 aromatic rings. The topological polar surface area (TPSA) is 9.23 Å². The molecule has 0 radical (unpaired) electrons. The van der Waals surface area contributed by atoms with E-state index in [2.05, 4.69) is 78.2 Å². The Kier molecular flexibility index (Phi) is 3.25. The molecule has 0 N–H and O–H groups in total. The molecule has 0 saturated heterocycles. The Morgan fingerprint density at radius 1 is 0.720 bits per heavy atom. The van der Waals surface area contributed by atoms with E-state index in [0.29, 0.717) is 0 Å². The van der Waals surface area contributed by atoms with Gasteiger partial charge < -0.3 is 4.74 Å². The van der Waals surface area contributed by atoms with Crippen LogP contribution in [0.4, 0.5) is 0 Å². The highest BCUT2D eigenvalue weighted by Gasteiger charge is 2.15. The molecule has 4 aromatic carbocycles. The average Bonchev–Trinajstić information content (AvgIpc) is 3.16. The van der Waals surface area contributed by atoms with Crippen LogP contribution in [-0.2, 0) is 0 Å². The van der Waals surface area contributed by atoms with E-state index in [9.17, 15) is 0 Å². The van der Waals surface area contributed by atoms with Crippen molar-refractivity contribution in [1.29, 1.82) is 0 Å². The SMILES string of the molecule is COc1cc2c3ccsc3cc(-c3ccccc3)c2c2ccccc12. The summed E-state index contributed by atoms with van der Waals surface area (Å²) in [5.41, 5.74) is 2.53. The minimum Gasteiger partial charge on any atom is -0.496 e. The summed E-state index contributed by atoms with van der Waals surface area (Å²) in [6, 6.07) is 25.9. The van der Waals surface area contributed by atoms with Gasteiger partial charge in [0.25, 0.3) is 0 Å². The maximum absolute atomic E-state index is 5.71. The van der Waals surface area contributed by atoms with Crippen LogP contribution < -0.4 is 4.74 Å². The summed E-state index contributed by atoms with van der Waals surface area (Å²) < 4.78 is 7.02. The van der Waals surface area contributed by atoms with E-state index in [-0.39, 0.29) is 0 Å². The third kappa shape index (κ3) is 2.15. The molecule has 25 heavy (non-hydrogen) atoms. The highest BCUT2D eigenvalue weighted by molar-refractivity contribution is 7.17. The Morgan fingerprint density at radius 2 is 1.48 bits per heavy atom. The molecule has 0 aliphatic heterocycles. The Bertz CT molecular complexity index is 1220. The normalized spacial score (nSPS) is 11.4. The van der Waals surface area contributed by atoms with Crippen molar-refractivity contribution in [2.24, 2.45) is 0 Å². The lowest BCUT2D eigenvalue weighted by Gasteiger charge is -2.14. The summed E-state index contributed by atoms with van der Waals surface area (Å²) in [4.78, 5) is 0. The van der Waals surface area contributed by atoms with Crippen molar-refractivity contribution >= 4 is 43.0 Å². The summed E-state index contributed by atoms with van der Waals surface area (Å²) >= 11 is 1.79. The molecule has 120 valence electrons. The summed E-state index contributed by atoms with van der Waals surface area (Å²) in [7, 11) is 1.75. The minimum absolute atomic E-state index is 0.931. The second kappa shape index (κ2) is 5.61. The van der Waals surface area contributed by atoms with Crippen LogP contribution in [0, 0.1) is 0 Å². The van der Waals surface area contributed by atoms with Crippen molar-refractivity contribution in [3.8, 4) is 16.9 Å². The summed E-state index contributed by atoms with van der Waals surface area (Å²) in [6.07, 6.45) is 0. The molecule has 0 spiro atoms. The fourth-order valence-electron chi connectivity index (χ4n) is 3.72. The van der Waals surface area contributed by atoms with Crippen LogP contribution in [0.1, 0.15) is 0 Å². The Balaban J connectivity index is 2.07. The van der Waals surface area contributed by atoms with Crippen LogP contribution in [0.3, 0.4) is 0 Å². The third-order valence-electron chi connectivity index (χ3n) is 4.84. The minimum atomic E-state index is 0.931. The number of benzene rings is 4. The van der Waals surface area contributed by atoms with Gasteiger partial charge in [-0.15, -0.1) is 11.3 Å². The van der Waals surface area contributed by atoms with Crippen molar-refractivity contribution in [3.63, 3.8) is 0 Å². The average molecular weight is 340 g/mol. The van der Waals surface area contributed by atoms with Gasteiger partial charge in [0, 0.05) is 15.5 Å². The van der Waals surface area contributed by atoms with Crippen LogP contribution >= 0.6 is 11.3 Å². The number of thiophene rings is 1. The fourth-order valence-corrected chi connectivity index (χ4v) is 4.56. The largest absolute Gasteiger partial charge is 0.496 e. The predicted octanol–water partition coefficient (Wildman–Crippen LogP) is 6.88. The molecule has 5 rings (SSSR count). The van der Waals surface area contributed by atoms with E-state index in [1.807, 2.05) is 0 Å². The van der Waals surface area contributed by atoms with Crippen molar-refractivity contribution in [3.05, 3.63) is 78.2 Å². The Labute approximate surface area is 150 Å². The monoisotopic (exact) mass is 340 g/mol. The predicted molar refractivity (Wildman–Crippen MR) is 109 cm³/mol. The first-order valence-electron chi connectivity index (χ1n) is 8.32. The second-order valence-electron chi connectivity index (χ2n) is 6.17. The van der Waals surface area contributed by atoms with Gasteiger partial charge in [-0.25, -0.2) is 0 Å². The summed E-state index contributed by atoms with van der Waals surface area (Å²) in [5, 5.41) is 8.42. The number of rotatable bonds is 2. The van der Waals surface area contributed by atoms with Crippen molar-refractivity contribution in [2.75, 3.05) is 7.11 Å². The number of ether oxygens (including phenoxy) is 1. The van der Waals surface area contributed by atoms with Crippen molar-refractivity contribution in [2.45, 2.75) is 0 Å². The summed E-state index contributed by atoms with van der Waals surface area (Å²) in [6.45, 7) is 0. The van der Waals surface area contributed by atoms with Gasteiger partial charge in [0.1, 0.15) is 5.75 Å². The maximum Gasteiger partial charge on any atom is 0.127 e. The lowest BCUT2D eigenvalue weighted by Crippen LogP contribution is -1.89. The quantitative estimate of drug-likeness (QED) is 0.318. The van der Waals surface area contributed by atoms with E-state index in [0.717, 1.165) is 11.1 Å². The van der Waals surface area contributed by atoms with Crippen LogP contribution in [0.25, 0.3) is 42.8 Å². The smallest absolute Gasteiger partial charge is 0.127 e. The highest BCUT2D eigenvalue weighted by Crippen LogP contribution is 2.43. The molecular formula is C23H16OS. The number of hydrogen-bond donors (Lipinski definition) is 0. The first-order valence-corrected chi connectivity index (χ1v) is 9.20. The van der Waals surface area contributed by atoms with Gasteiger partial charge in [-0.05, 0) is 50.9 Å². The molecule has 0 fully saturated rings. The van der Waals surface area contributed by atoms with Gasteiger partial charge >= 0.3 is 0 Å². The number of fused-ring (bicyclic) bond motifs is 5.